The van der Waals surface area contributed by atoms with Gasteiger partial charge in [0, 0.05) is 18.0 Å². The Hall–Kier alpha value is -3.75. The number of fused-ring (bicyclic) bond motifs is 1. The summed E-state index contributed by atoms with van der Waals surface area (Å²) in [5.41, 5.74) is -0.167. The Morgan fingerprint density at radius 3 is 2.42 bits per heavy atom. The summed E-state index contributed by atoms with van der Waals surface area (Å²) in [6.45, 7) is 5.23. The summed E-state index contributed by atoms with van der Waals surface area (Å²) >= 11 is 0. The number of halogens is 2. The minimum Gasteiger partial charge on any atom is -0.467 e. The fourth-order valence-electron chi connectivity index (χ4n) is 3.35. The van der Waals surface area contributed by atoms with E-state index in [1.54, 1.807) is 45.0 Å². The lowest BCUT2D eigenvalue weighted by atomic mass is 10.0. The third-order valence-corrected chi connectivity index (χ3v) is 4.80. The fourth-order valence-corrected chi connectivity index (χ4v) is 3.35. The van der Waals surface area contributed by atoms with Gasteiger partial charge < -0.3 is 14.8 Å². The molecule has 0 unspecified atom stereocenters. The summed E-state index contributed by atoms with van der Waals surface area (Å²) in [5, 5.41) is 3.05. The maximum absolute atomic E-state index is 14.0. The van der Waals surface area contributed by atoms with Gasteiger partial charge in [-0.1, -0.05) is 24.3 Å². The van der Waals surface area contributed by atoms with Gasteiger partial charge in [0.1, 0.15) is 11.6 Å². The van der Waals surface area contributed by atoms with Gasteiger partial charge in [-0.3, -0.25) is 9.36 Å². The van der Waals surface area contributed by atoms with Crippen LogP contribution in [-0.4, -0.2) is 41.3 Å². The number of amides is 1. The van der Waals surface area contributed by atoms with Gasteiger partial charge in [-0.2, -0.15) is 0 Å². The number of carbonyl (C=O) groups excluding carboxylic acids is 3. The number of esters is 1. The molecule has 0 saturated heterocycles. The van der Waals surface area contributed by atoms with E-state index in [0.717, 1.165) is 19.2 Å². The number of hydrogen-bond acceptors (Lipinski definition) is 5. The van der Waals surface area contributed by atoms with Crippen LogP contribution in [0.4, 0.5) is 13.6 Å². The number of carbonyl (C=O) groups is 3. The normalized spacial score (nSPS) is 12.3. The molecule has 7 nitrogen and oxygen atoms in total. The van der Waals surface area contributed by atoms with Crippen LogP contribution >= 0.6 is 0 Å². The molecular weight excluding hydrogens is 434 g/mol. The highest BCUT2D eigenvalue weighted by Gasteiger charge is 2.27. The Morgan fingerprint density at radius 2 is 1.76 bits per heavy atom. The average Bonchev–Trinajstić information content (AvgIpc) is 3.12. The van der Waals surface area contributed by atoms with E-state index >= 15 is 0 Å². The number of para-hydroxylation sites is 1. The molecule has 1 atom stereocenters. The lowest BCUT2D eigenvalue weighted by molar-refractivity contribution is -0.142. The molecule has 0 aliphatic heterocycles. The zero-order chi connectivity index (χ0) is 24.3. The van der Waals surface area contributed by atoms with Crippen LogP contribution in [0.25, 0.3) is 10.9 Å². The first-order chi connectivity index (χ1) is 15.5. The molecule has 33 heavy (non-hydrogen) atoms. The van der Waals surface area contributed by atoms with Gasteiger partial charge in [-0.15, -0.1) is 0 Å². The van der Waals surface area contributed by atoms with Crippen LogP contribution in [0, 0.1) is 11.6 Å². The molecule has 174 valence electrons. The Kier molecular flexibility index (Phi) is 6.81. The first-order valence-corrected chi connectivity index (χ1v) is 10.2. The second-order valence-corrected chi connectivity index (χ2v) is 8.38. The number of nitrogens with zero attached hydrogens (tertiary/aromatic N) is 1. The fraction of sp³-hybridized carbons (Fsp3) is 0.292. The van der Waals surface area contributed by atoms with Crippen LogP contribution in [-0.2, 0) is 20.7 Å². The van der Waals surface area contributed by atoms with Crippen LogP contribution in [0.2, 0.25) is 0 Å². The molecule has 0 spiro atoms. The molecular formula is C24H24F2N2O5. The number of hydrogen-bond donors (Lipinski definition) is 1. The van der Waals surface area contributed by atoms with Crippen molar-refractivity contribution in [1.29, 1.82) is 0 Å². The zero-order valence-electron chi connectivity index (χ0n) is 18.6. The topological polar surface area (TPSA) is 86.6 Å². The third-order valence-electron chi connectivity index (χ3n) is 4.80. The van der Waals surface area contributed by atoms with Crippen molar-refractivity contribution in [3.63, 3.8) is 0 Å². The van der Waals surface area contributed by atoms with E-state index in [1.165, 1.54) is 16.8 Å². The van der Waals surface area contributed by atoms with Gasteiger partial charge in [0.15, 0.2) is 11.6 Å². The van der Waals surface area contributed by atoms with E-state index in [0.29, 0.717) is 16.5 Å². The molecule has 0 fully saturated rings. The highest BCUT2D eigenvalue weighted by molar-refractivity contribution is 5.97. The van der Waals surface area contributed by atoms with E-state index in [4.69, 9.17) is 9.47 Å². The number of ether oxygens (including phenoxy) is 2. The van der Waals surface area contributed by atoms with E-state index in [9.17, 15) is 23.2 Å². The highest BCUT2D eigenvalue weighted by Crippen LogP contribution is 2.24. The van der Waals surface area contributed by atoms with Crippen molar-refractivity contribution in [2.24, 2.45) is 0 Å². The van der Waals surface area contributed by atoms with E-state index in [-0.39, 0.29) is 6.42 Å². The number of nitrogens with one attached hydrogen (secondary N) is 1. The standard InChI is InChI=1S/C24H24F2N2O5/c1-24(2,3)33-23(31)28-13-14(15-8-5-6-11-19(15)28)12-18(22(30)32-4)27-21(29)16-9-7-10-17(25)20(16)26/h5-11,13,18H,12H2,1-4H3,(H,27,29)/t18-/m1/s1. The number of methoxy groups -OCH3 is 1. The predicted molar refractivity (Wildman–Crippen MR) is 117 cm³/mol. The summed E-state index contributed by atoms with van der Waals surface area (Å²) < 4.78 is 39.1. The first-order valence-electron chi connectivity index (χ1n) is 10.2. The van der Waals surface area contributed by atoms with Crippen molar-refractivity contribution in [2.45, 2.75) is 38.8 Å². The van der Waals surface area contributed by atoms with Crippen LogP contribution in [0.1, 0.15) is 36.7 Å². The Labute approximate surface area is 189 Å². The molecule has 1 aromatic heterocycles. The Balaban J connectivity index is 1.95. The molecule has 9 heteroatoms. The number of aromatic nitrogens is 1. The Morgan fingerprint density at radius 1 is 1.06 bits per heavy atom. The highest BCUT2D eigenvalue weighted by atomic mass is 19.2. The predicted octanol–water partition coefficient (Wildman–Crippen LogP) is 4.22. The second kappa shape index (κ2) is 9.40. The molecule has 1 heterocycles. The van der Waals surface area contributed by atoms with E-state index in [2.05, 4.69) is 5.32 Å². The molecule has 2 aromatic carbocycles. The van der Waals surface area contributed by atoms with Gasteiger partial charge in [-0.05, 0) is 44.5 Å². The number of benzene rings is 2. The monoisotopic (exact) mass is 458 g/mol. The van der Waals surface area contributed by atoms with Crippen LogP contribution in [0.15, 0.2) is 48.7 Å². The minimum absolute atomic E-state index is 0.0638. The summed E-state index contributed by atoms with van der Waals surface area (Å²) in [6.07, 6.45) is 0.848. The maximum Gasteiger partial charge on any atom is 0.419 e. The molecule has 3 aromatic rings. The first kappa shape index (κ1) is 23.9. The van der Waals surface area contributed by atoms with Crippen molar-refractivity contribution in [3.8, 4) is 0 Å². The summed E-state index contributed by atoms with van der Waals surface area (Å²) in [7, 11) is 1.15. The van der Waals surface area contributed by atoms with Gasteiger partial charge in [0.05, 0.1) is 18.2 Å². The van der Waals surface area contributed by atoms with Gasteiger partial charge in [0.25, 0.3) is 5.91 Å². The van der Waals surface area contributed by atoms with Gasteiger partial charge in [-0.25, -0.2) is 18.4 Å². The smallest absolute Gasteiger partial charge is 0.419 e. The molecule has 0 saturated carbocycles. The molecule has 0 radical (unpaired) electrons. The van der Waals surface area contributed by atoms with Crippen molar-refractivity contribution in [3.05, 3.63) is 71.4 Å². The maximum atomic E-state index is 14.0. The molecule has 3 rings (SSSR count). The van der Waals surface area contributed by atoms with Gasteiger partial charge in [0.2, 0.25) is 0 Å². The summed E-state index contributed by atoms with van der Waals surface area (Å²) in [4.78, 5) is 37.7. The second-order valence-electron chi connectivity index (χ2n) is 8.38. The van der Waals surface area contributed by atoms with Crippen LogP contribution < -0.4 is 5.32 Å². The van der Waals surface area contributed by atoms with Crippen LogP contribution in [0.3, 0.4) is 0 Å². The quantitative estimate of drug-likeness (QED) is 0.579. The summed E-state index contributed by atoms with van der Waals surface area (Å²) in [5.74, 6) is -4.26. The van der Waals surface area contributed by atoms with Crippen molar-refractivity contribution in [1.82, 2.24) is 9.88 Å². The molecule has 0 aliphatic carbocycles. The Bertz CT molecular complexity index is 1210. The van der Waals surface area contributed by atoms with E-state index in [1.807, 2.05) is 0 Å². The van der Waals surface area contributed by atoms with Crippen molar-refractivity contribution >= 4 is 28.9 Å². The third kappa shape index (κ3) is 5.36. The molecule has 1 N–H and O–H groups in total. The molecule has 1 amide bonds. The average molecular weight is 458 g/mol. The lowest BCUT2D eigenvalue weighted by Crippen LogP contribution is -2.43. The molecule has 0 bridgehead atoms. The van der Waals surface area contributed by atoms with Gasteiger partial charge >= 0.3 is 12.1 Å². The SMILES string of the molecule is COC(=O)[C@@H](Cc1cn(C(=O)OC(C)(C)C)c2ccccc12)NC(=O)c1cccc(F)c1F. The zero-order valence-corrected chi connectivity index (χ0v) is 18.6. The van der Waals surface area contributed by atoms with Crippen molar-refractivity contribution < 1.29 is 32.6 Å². The molecule has 0 aliphatic rings. The van der Waals surface area contributed by atoms with E-state index < -0.39 is 46.8 Å². The largest absolute Gasteiger partial charge is 0.467 e. The minimum atomic E-state index is -1.32. The van der Waals surface area contributed by atoms with Crippen molar-refractivity contribution in [2.75, 3.05) is 7.11 Å². The summed E-state index contributed by atoms with van der Waals surface area (Å²) in [6, 6.07) is 8.95. The lowest BCUT2D eigenvalue weighted by Gasteiger charge is -2.19. The van der Waals surface area contributed by atoms with Crippen LogP contribution in [0.5, 0.6) is 0 Å². The number of rotatable bonds is 5.